The van der Waals surface area contributed by atoms with Crippen LogP contribution in [0.3, 0.4) is 0 Å². The van der Waals surface area contributed by atoms with E-state index in [1.54, 1.807) is 43.6 Å². The molecule has 1 N–H and O–H groups in total. The van der Waals surface area contributed by atoms with Crippen LogP contribution in [0, 0.1) is 0 Å². The zero-order chi connectivity index (χ0) is 21.1. The third-order valence-corrected chi connectivity index (χ3v) is 4.67. The number of benzene rings is 2. The molecule has 8 nitrogen and oxygen atoms in total. The van der Waals surface area contributed by atoms with Crippen molar-refractivity contribution in [3.63, 3.8) is 0 Å². The molecule has 30 heavy (non-hydrogen) atoms. The largest absolute Gasteiger partial charge is 0.493 e. The molecule has 0 saturated heterocycles. The number of anilines is 1. The fourth-order valence-electron chi connectivity index (χ4n) is 3.31. The van der Waals surface area contributed by atoms with Crippen LogP contribution in [0.5, 0.6) is 11.5 Å². The Morgan fingerprint density at radius 3 is 2.50 bits per heavy atom. The Hall–Kier alpha value is -4.07. The maximum atomic E-state index is 13.1. The van der Waals surface area contributed by atoms with E-state index >= 15 is 0 Å². The van der Waals surface area contributed by atoms with Crippen molar-refractivity contribution in [3.05, 3.63) is 77.3 Å². The quantitative estimate of drug-likeness (QED) is 0.534. The average molecular weight is 404 g/mol. The summed E-state index contributed by atoms with van der Waals surface area (Å²) < 4.78 is 13.4. The number of ether oxygens (including phenoxy) is 2. The number of aromatic nitrogens is 3. The van der Waals surface area contributed by atoms with E-state index in [4.69, 9.17) is 9.47 Å². The van der Waals surface area contributed by atoms with Crippen LogP contribution < -0.4 is 20.5 Å². The van der Waals surface area contributed by atoms with Crippen molar-refractivity contribution in [2.24, 2.45) is 0 Å². The van der Waals surface area contributed by atoms with Gasteiger partial charge in [-0.1, -0.05) is 18.2 Å². The molecule has 0 atom stereocenters. The molecule has 0 bridgehead atoms. The molecule has 8 heteroatoms. The maximum Gasteiger partial charge on any atom is 0.335 e. The van der Waals surface area contributed by atoms with Gasteiger partial charge in [-0.05, 0) is 36.4 Å². The van der Waals surface area contributed by atoms with Gasteiger partial charge in [0.25, 0.3) is 0 Å². The Morgan fingerprint density at radius 2 is 1.77 bits per heavy atom. The number of carbonyl (C=O) groups excluding carboxylic acids is 1. The lowest BCUT2D eigenvalue weighted by atomic mass is 10.2. The van der Waals surface area contributed by atoms with Gasteiger partial charge in [-0.3, -0.25) is 9.36 Å². The normalized spacial score (nSPS) is 10.7. The molecule has 0 aliphatic heterocycles. The van der Waals surface area contributed by atoms with E-state index in [9.17, 15) is 9.59 Å². The van der Waals surface area contributed by atoms with E-state index in [1.165, 1.54) is 16.2 Å². The molecule has 2 heterocycles. The van der Waals surface area contributed by atoms with Gasteiger partial charge in [0, 0.05) is 18.0 Å². The summed E-state index contributed by atoms with van der Waals surface area (Å²) >= 11 is 0. The number of amides is 1. The smallest absolute Gasteiger partial charge is 0.335 e. The van der Waals surface area contributed by atoms with Crippen molar-refractivity contribution in [2.45, 2.75) is 6.54 Å². The Kier molecular flexibility index (Phi) is 5.21. The summed E-state index contributed by atoms with van der Waals surface area (Å²) in [4.78, 5) is 30.2. The molecule has 0 unspecified atom stereocenters. The van der Waals surface area contributed by atoms with E-state index in [0.29, 0.717) is 34.0 Å². The number of hydrogen-bond donors (Lipinski definition) is 1. The van der Waals surface area contributed by atoms with E-state index in [-0.39, 0.29) is 18.1 Å². The third-order valence-electron chi connectivity index (χ3n) is 4.67. The first kappa shape index (κ1) is 19.3. The van der Waals surface area contributed by atoms with Crippen molar-refractivity contribution in [1.29, 1.82) is 0 Å². The first-order valence-corrected chi connectivity index (χ1v) is 9.26. The van der Waals surface area contributed by atoms with E-state index < -0.39 is 0 Å². The highest BCUT2D eigenvalue weighted by molar-refractivity contribution is 5.92. The van der Waals surface area contributed by atoms with E-state index in [0.717, 1.165) is 0 Å². The predicted molar refractivity (Wildman–Crippen MR) is 114 cm³/mol. The minimum absolute atomic E-state index is 0.158. The van der Waals surface area contributed by atoms with Gasteiger partial charge in [0.15, 0.2) is 17.1 Å². The number of nitrogens with zero attached hydrogens (tertiary/aromatic N) is 3. The van der Waals surface area contributed by atoms with Crippen LogP contribution in [-0.4, -0.2) is 34.2 Å². The molecule has 152 valence electrons. The van der Waals surface area contributed by atoms with Crippen LogP contribution >= 0.6 is 0 Å². The number of rotatable bonds is 6. The van der Waals surface area contributed by atoms with Crippen molar-refractivity contribution in [2.75, 3.05) is 19.5 Å². The summed E-state index contributed by atoms with van der Waals surface area (Å²) in [6.07, 6.45) is 1.62. The molecule has 0 aliphatic carbocycles. The Balaban J connectivity index is 1.67. The molecule has 0 spiro atoms. The van der Waals surface area contributed by atoms with Gasteiger partial charge in [0.05, 0.1) is 25.4 Å². The summed E-state index contributed by atoms with van der Waals surface area (Å²) in [5.74, 6) is 0.710. The monoisotopic (exact) mass is 404 g/mol. The third kappa shape index (κ3) is 3.50. The Bertz CT molecular complexity index is 1260. The number of methoxy groups -OCH3 is 2. The molecule has 1 amide bonds. The summed E-state index contributed by atoms with van der Waals surface area (Å²) in [6, 6.07) is 17.8. The van der Waals surface area contributed by atoms with Gasteiger partial charge in [-0.2, -0.15) is 0 Å². The maximum absolute atomic E-state index is 13.1. The number of imidazole rings is 1. The van der Waals surface area contributed by atoms with Gasteiger partial charge < -0.3 is 14.8 Å². The van der Waals surface area contributed by atoms with Crippen LogP contribution in [0.1, 0.15) is 0 Å². The van der Waals surface area contributed by atoms with Crippen LogP contribution in [0.4, 0.5) is 5.69 Å². The highest BCUT2D eigenvalue weighted by atomic mass is 16.5. The standard InChI is InChI=1S/C22H20N4O4/c1-29-18-11-10-15(13-19(18)30-2)24-20(27)14-25-17-9-6-12-23-21(17)26(22(25)28)16-7-4-3-5-8-16/h3-13H,14H2,1-2H3,(H,24,27). The summed E-state index contributed by atoms with van der Waals surface area (Å²) in [6.45, 7) is -0.158. The predicted octanol–water partition coefficient (Wildman–Crippen LogP) is 2.84. The molecule has 0 radical (unpaired) electrons. The summed E-state index contributed by atoms with van der Waals surface area (Å²) in [5, 5.41) is 2.79. The van der Waals surface area contributed by atoms with E-state index in [2.05, 4.69) is 10.3 Å². The molecule has 4 aromatic rings. The second kappa shape index (κ2) is 8.12. The number of fused-ring (bicyclic) bond motifs is 1. The summed E-state index contributed by atoms with van der Waals surface area (Å²) in [5.41, 5.74) is 1.96. The van der Waals surface area contributed by atoms with Gasteiger partial charge in [0.2, 0.25) is 5.91 Å². The Labute approximate surface area is 172 Å². The molecular formula is C22H20N4O4. The minimum atomic E-state index is -0.347. The first-order valence-electron chi connectivity index (χ1n) is 9.26. The molecule has 2 aromatic carbocycles. The van der Waals surface area contributed by atoms with E-state index in [1.807, 2.05) is 30.3 Å². The lowest BCUT2D eigenvalue weighted by molar-refractivity contribution is -0.116. The van der Waals surface area contributed by atoms with Crippen LogP contribution in [0.15, 0.2) is 71.7 Å². The molecule has 0 saturated carbocycles. The highest BCUT2D eigenvalue weighted by Crippen LogP contribution is 2.29. The van der Waals surface area contributed by atoms with Crippen LogP contribution in [-0.2, 0) is 11.3 Å². The second-order valence-electron chi connectivity index (χ2n) is 6.50. The SMILES string of the molecule is COc1ccc(NC(=O)Cn2c(=O)n(-c3ccccc3)c3ncccc32)cc1OC. The lowest BCUT2D eigenvalue weighted by Gasteiger charge is -2.11. The summed E-state index contributed by atoms with van der Waals surface area (Å²) in [7, 11) is 3.06. The van der Waals surface area contributed by atoms with Gasteiger partial charge >= 0.3 is 5.69 Å². The topological polar surface area (TPSA) is 87.4 Å². The molecule has 0 fully saturated rings. The zero-order valence-corrected chi connectivity index (χ0v) is 16.5. The number of carbonyl (C=O) groups is 1. The first-order chi connectivity index (χ1) is 14.6. The number of nitrogens with one attached hydrogen (secondary N) is 1. The molecular weight excluding hydrogens is 384 g/mol. The average Bonchev–Trinajstić information content (AvgIpc) is 3.05. The number of para-hydroxylation sites is 1. The van der Waals surface area contributed by atoms with Crippen LogP contribution in [0.25, 0.3) is 16.9 Å². The number of pyridine rings is 1. The van der Waals surface area contributed by atoms with Crippen LogP contribution in [0.2, 0.25) is 0 Å². The molecule has 2 aromatic heterocycles. The van der Waals surface area contributed by atoms with Crippen molar-refractivity contribution >= 4 is 22.8 Å². The highest BCUT2D eigenvalue weighted by Gasteiger charge is 2.18. The minimum Gasteiger partial charge on any atom is -0.493 e. The van der Waals surface area contributed by atoms with Crippen molar-refractivity contribution < 1.29 is 14.3 Å². The Morgan fingerprint density at radius 1 is 1.00 bits per heavy atom. The second-order valence-corrected chi connectivity index (χ2v) is 6.50. The zero-order valence-electron chi connectivity index (χ0n) is 16.5. The van der Waals surface area contributed by atoms with Gasteiger partial charge in [0.1, 0.15) is 6.54 Å². The fourth-order valence-corrected chi connectivity index (χ4v) is 3.31. The van der Waals surface area contributed by atoms with Crippen molar-refractivity contribution in [3.8, 4) is 17.2 Å². The van der Waals surface area contributed by atoms with Crippen molar-refractivity contribution in [1.82, 2.24) is 14.1 Å². The van der Waals surface area contributed by atoms with Gasteiger partial charge in [-0.25, -0.2) is 14.3 Å². The number of hydrogen-bond acceptors (Lipinski definition) is 5. The van der Waals surface area contributed by atoms with Gasteiger partial charge in [-0.15, -0.1) is 0 Å². The molecule has 4 rings (SSSR count). The molecule has 0 aliphatic rings. The fraction of sp³-hybridized carbons (Fsp3) is 0.136. The lowest BCUT2D eigenvalue weighted by Crippen LogP contribution is -2.28.